The van der Waals surface area contributed by atoms with Crippen LogP contribution in [-0.4, -0.2) is 13.1 Å². The van der Waals surface area contributed by atoms with Gasteiger partial charge in [-0.25, -0.2) is 0 Å². The predicted molar refractivity (Wildman–Crippen MR) is 97.3 cm³/mol. The lowest BCUT2D eigenvalue weighted by Crippen LogP contribution is -2.27. The molecular weight excluding hydrogens is 274 g/mol. The van der Waals surface area contributed by atoms with Crippen molar-refractivity contribution in [3.8, 4) is 0 Å². The SMILES string of the molecule is CCCCCCCCCCCCC(Cc1cccs1)NC. The molecule has 0 aromatic carbocycles. The smallest absolute Gasteiger partial charge is 0.0112 e. The molecule has 21 heavy (non-hydrogen) atoms. The van der Waals surface area contributed by atoms with Gasteiger partial charge in [-0.1, -0.05) is 77.2 Å². The van der Waals surface area contributed by atoms with Crippen molar-refractivity contribution in [2.75, 3.05) is 7.05 Å². The third kappa shape index (κ3) is 10.1. The molecule has 1 rings (SSSR count). The van der Waals surface area contributed by atoms with Crippen LogP contribution in [-0.2, 0) is 6.42 Å². The normalized spacial score (nSPS) is 12.7. The van der Waals surface area contributed by atoms with E-state index >= 15 is 0 Å². The summed E-state index contributed by atoms with van der Waals surface area (Å²) in [6, 6.07) is 5.08. The highest BCUT2D eigenvalue weighted by atomic mass is 32.1. The number of unbranched alkanes of at least 4 members (excludes halogenated alkanes) is 9. The Bertz CT molecular complexity index is 307. The largest absolute Gasteiger partial charge is 0.317 e. The van der Waals surface area contributed by atoms with Crippen LogP contribution in [0.2, 0.25) is 0 Å². The van der Waals surface area contributed by atoms with Crippen molar-refractivity contribution < 1.29 is 0 Å². The molecule has 0 spiro atoms. The van der Waals surface area contributed by atoms with E-state index in [9.17, 15) is 0 Å². The van der Waals surface area contributed by atoms with Crippen LogP contribution in [0.25, 0.3) is 0 Å². The second kappa shape index (κ2) is 13.3. The van der Waals surface area contributed by atoms with Gasteiger partial charge in [-0.05, 0) is 31.3 Å². The number of hydrogen-bond donors (Lipinski definition) is 1. The molecule has 1 nitrogen and oxygen atoms in total. The third-order valence-electron chi connectivity index (χ3n) is 4.34. The highest BCUT2D eigenvalue weighted by Gasteiger charge is 2.07. The Morgan fingerprint density at radius 1 is 0.952 bits per heavy atom. The van der Waals surface area contributed by atoms with Gasteiger partial charge in [0.05, 0.1) is 0 Å². The maximum absolute atomic E-state index is 3.48. The van der Waals surface area contributed by atoms with E-state index in [0.29, 0.717) is 6.04 Å². The fraction of sp³-hybridized carbons (Fsp3) is 0.789. The lowest BCUT2D eigenvalue weighted by molar-refractivity contribution is 0.478. The second-order valence-corrected chi connectivity index (χ2v) is 7.27. The Labute approximate surface area is 136 Å². The Morgan fingerprint density at radius 3 is 2.10 bits per heavy atom. The summed E-state index contributed by atoms with van der Waals surface area (Å²) in [6.07, 6.45) is 16.8. The molecule has 0 saturated heterocycles. The number of thiophene rings is 1. The average Bonchev–Trinajstić information content (AvgIpc) is 3.01. The minimum absolute atomic E-state index is 0.665. The lowest BCUT2D eigenvalue weighted by Gasteiger charge is -2.15. The van der Waals surface area contributed by atoms with Crippen molar-refractivity contribution in [2.45, 2.75) is 90.0 Å². The van der Waals surface area contributed by atoms with Gasteiger partial charge in [0.15, 0.2) is 0 Å². The standard InChI is InChI=1S/C19H35NS/c1-3-4-5-6-7-8-9-10-11-12-14-18(20-2)17-19-15-13-16-21-19/h13,15-16,18,20H,3-12,14,17H2,1-2H3. The minimum atomic E-state index is 0.665. The van der Waals surface area contributed by atoms with Crippen molar-refractivity contribution in [3.63, 3.8) is 0 Å². The molecule has 0 radical (unpaired) electrons. The molecule has 0 aliphatic carbocycles. The van der Waals surface area contributed by atoms with Crippen molar-refractivity contribution in [3.05, 3.63) is 22.4 Å². The first kappa shape index (κ1) is 18.7. The Balaban J connectivity index is 1.90. The van der Waals surface area contributed by atoms with Gasteiger partial charge >= 0.3 is 0 Å². The van der Waals surface area contributed by atoms with Crippen molar-refractivity contribution >= 4 is 11.3 Å². The van der Waals surface area contributed by atoms with Gasteiger partial charge in [0.1, 0.15) is 0 Å². The summed E-state index contributed by atoms with van der Waals surface area (Å²) in [5.74, 6) is 0. The zero-order valence-electron chi connectivity index (χ0n) is 14.2. The summed E-state index contributed by atoms with van der Waals surface area (Å²) in [5.41, 5.74) is 0. The molecule has 0 bridgehead atoms. The number of likely N-dealkylation sites (N-methyl/N-ethyl adjacent to an activating group) is 1. The van der Waals surface area contributed by atoms with E-state index in [0.717, 1.165) is 0 Å². The summed E-state index contributed by atoms with van der Waals surface area (Å²) in [6.45, 7) is 2.29. The number of rotatable bonds is 14. The minimum Gasteiger partial charge on any atom is -0.317 e. The first-order chi connectivity index (χ1) is 10.4. The fourth-order valence-electron chi connectivity index (χ4n) is 2.90. The van der Waals surface area contributed by atoms with Crippen LogP contribution in [0.15, 0.2) is 17.5 Å². The van der Waals surface area contributed by atoms with Crippen LogP contribution in [0, 0.1) is 0 Å². The molecule has 0 aliphatic rings. The molecule has 1 heterocycles. The van der Waals surface area contributed by atoms with Crippen LogP contribution in [0.4, 0.5) is 0 Å². The molecule has 1 aromatic rings. The van der Waals surface area contributed by atoms with Crippen molar-refractivity contribution in [1.82, 2.24) is 5.32 Å². The maximum Gasteiger partial charge on any atom is 0.0112 e. The third-order valence-corrected chi connectivity index (χ3v) is 5.24. The monoisotopic (exact) mass is 309 g/mol. The molecule has 0 aliphatic heterocycles. The quantitative estimate of drug-likeness (QED) is 0.404. The summed E-state index contributed by atoms with van der Waals surface area (Å²) < 4.78 is 0. The van der Waals surface area contributed by atoms with E-state index in [1.807, 2.05) is 11.3 Å². The van der Waals surface area contributed by atoms with Gasteiger partial charge in [-0.3, -0.25) is 0 Å². The molecule has 1 unspecified atom stereocenters. The Morgan fingerprint density at radius 2 is 1.57 bits per heavy atom. The van der Waals surface area contributed by atoms with Gasteiger partial charge in [-0.15, -0.1) is 11.3 Å². The van der Waals surface area contributed by atoms with Gasteiger partial charge in [-0.2, -0.15) is 0 Å². The fourth-order valence-corrected chi connectivity index (χ4v) is 3.68. The van der Waals surface area contributed by atoms with E-state index < -0.39 is 0 Å². The Hall–Kier alpha value is -0.340. The van der Waals surface area contributed by atoms with Gasteiger partial charge in [0.25, 0.3) is 0 Å². The van der Waals surface area contributed by atoms with E-state index in [-0.39, 0.29) is 0 Å². The van der Waals surface area contributed by atoms with E-state index in [2.05, 4.69) is 36.8 Å². The zero-order chi connectivity index (χ0) is 15.2. The highest BCUT2D eigenvalue weighted by Crippen LogP contribution is 2.16. The molecule has 122 valence electrons. The molecule has 1 atom stereocenters. The van der Waals surface area contributed by atoms with E-state index in [4.69, 9.17) is 0 Å². The molecule has 2 heteroatoms. The summed E-state index contributed by atoms with van der Waals surface area (Å²) in [5, 5.41) is 5.66. The molecular formula is C19H35NS. The van der Waals surface area contributed by atoms with Crippen LogP contribution in [0.5, 0.6) is 0 Å². The molecule has 1 N–H and O–H groups in total. The van der Waals surface area contributed by atoms with Crippen LogP contribution in [0.1, 0.15) is 82.4 Å². The van der Waals surface area contributed by atoms with Gasteiger partial charge < -0.3 is 5.32 Å². The highest BCUT2D eigenvalue weighted by molar-refractivity contribution is 7.09. The van der Waals surface area contributed by atoms with Crippen LogP contribution >= 0.6 is 11.3 Å². The second-order valence-electron chi connectivity index (χ2n) is 6.24. The number of nitrogens with one attached hydrogen (secondary N) is 1. The van der Waals surface area contributed by atoms with Crippen LogP contribution < -0.4 is 5.32 Å². The van der Waals surface area contributed by atoms with E-state index in [1.54, 1.807) is 0 Å². The first-order valence-electron chi connectivity index (χ1n) is 9.06. The molecule has 1 aromatic heterocycles. The summed E-state index contributed by atoms with van der Waals surface area (Å²) in [4.78, 5) is 1.52. The van der Waals surface area contributed by atoms with Crippen molar-refractivity contribution in [1.29, 1.82) is 0 Å². The van der Waals surface area contributed by atoms with Crippen molar-refractivity contribution in [2.24, 2.45) is 0 Å². The first-order valence-corrected chi connectivity index (χ1v) is 9.94. The Kier molecular flexibility index (Phi) is 11.9. The summed E-state index contributed by atoms with van der Waals surface area (Å²) in [7, 11) is 2.11. The molecule has 0 saturated carbocycles. The zero-order valence-corrected chi connectivity index (χ0v) is 15.0. The summed E-state index contributed by atoms with van der Waals surface area (Å²) >= 11 is 1.88. The van der Waals surface area contributed by atoms with Crippen LogP contribution in [0.3, 0.4) is 0 Å². The molecule has 0 fully saturated rings. The maximum atomic E-state index is 3.48. The predicted octanol–water partition coefficient (Wildman–Crippen LogP) is 6.19. The molecule has 0 amide bonds. The van der Waals surface area contributed by atoms with Gasteiger partial charge in [0.2, 0.25) is 0 Å². The number of hydrogen-bond acceptors (Lipinski definition) is 2. The lowest BCUT2D eigenvalue weighted by atomic mass is 10.0. The average molecular weight is 310 g/mol. The van der Waals surface area contributed by atoms with E-state index in [1.165, 1.54) is 81.9 Å². The van der Waals surface area contributed by atoms with Gasteiger partial charge in [0, 0.05) is 10.9 Å². The topological polar surface area (TPSA) is 12.0 Å².